The SMILES string of the molecule is CCOc1ccc(NC(=O)C[C@H]2S/C(=N/N=C(/C)c3cccc(NC(C)=O)c3)NC2=O)cc1. The molecule has 1 aliphatic rings. The van der Waals surface area contributed by atoms with Crippen LogP contribution in [0.15, 0.2) is 58.7 Å². The van der Waals surface area contributed by atoms with Gasteiger partial charge in [0.15, 0.2) is 5.17 Å². The number of benzene rings is 2. The van der Waals surface area contributed by atoms with Crippen LogP contribution in [0.1, 0.15) is 32.8 Å². The second-order valence-electron chi connectivity index (χ2n) is 7.16. The molecule has 2 aromatic carbocycles. The van der Waals surface area contributed by atoms with Gasteiger partial charge in [-0.3, -0.25) is 14.4 Å². The molecule has 172 valence electrons. The van der Waals surface area contributed by atoms with Crippen LogP contribution in [0.25, 0.3) is 0 Å². The Morgan fingerprint density at radius 2 is 1.85 bits per heavy atom. The van der Waals surface area contributed by atoms with Gasteiger partial charge in [0.1, 0.15) is 11.0 Å². The van der Waals surface area contributed by atoms with Crippen LogP contribution in [-0.4, -0.2) is 40.5 Å². The highest BCUT2D eigenvalue weighted by atomic mass is 32.2. The zero-order valence-corrected chi connectivity index (χ0v) is 19.4. The molecule has 0 radical (unpaired) electrons. The summed E-state index contributed by atoms with van der Waals surface area (Å²) in [7, 11) is 0. The zero-order chi connectivity index (χ0) is 23.8. The van der Waals surface area contributed by atoms with E-state index >= 15 is 0 Å². The van der Waals surface area contributed by atoms with E-state index in [-0.39, 0.29) is 24.1 Å². The minimum Gasteiger partial charge on any atom is -0.494 e. The van der Waals surface area contributed by atoms with Crippen molar-refractivity contribution in [3.8, 4) is 5.75 Å². The molecule has 0 spiro atoms. The molecule has 33 heavy (non-hydrogen) atoms. The number of amides is 3. The Morgan fingerprint density at radius 3 is 2.55 bits per heavy atom. The number of hydrogen-bond acceptors (Lipinski definition) is 7. The average molecular weight is 468 g/mol. The Hall–Kier alpha value is -3.66. The van der Waals surface area contributed by atoms with Crippen molar-refractivity contribution in [2.75, 3.05) is 17.2 Å². The summed E-state index contributed by atoms with van der Waals surface area (Å²) in [6.07, 6.45) is 0.00416. The molecule has 0 unspecified atom stereocenters. The second-order valence-corrected chi connectivity index (χ2v) is 8.35. The lowest BCUT2D eigenvalue weighted by atomic mass is 10.1. The Morgan fingerprint density at radius 1 is 1.09 bits per heavy atom. The maximum atomic E-state index is 12.4. The standard InChI is InChI=1S/C23H25N5O4S/c1-4-32-19-10-8-17(9-11-19)25-21(30)13-20-22(31)26-23(33-20)28-27-14(2)16-6-5-7-18(12-16)24-15(3)29/h5-12,20H,4,13H2,1-3H3,(H,24,29)(H,25,30)(H,26,28,31)/b27-14-/t20-/m1/s1. The number of carbonyl (C=O) groups excluding carboxylic acids is 3. The van der Waals surface area contributed by atoms with E-state index in [0.29, 0.717) is 28.9 Å². The minimum absolute atomic E-state index is 0.00416. The lowest BCUT2D eigenvalue weighted by Gasteiger charge is -2.08. The quantitative estimate of drug-likeness (QED) is 0.406. The molecule has 1 saturated heterocycles. The smallest absolute Gasteiger partial charge is 0.240 e. The summed E-state index contributed by atoms with van der Waals surface area (Å²) in [5.74, 6) is -0.00643. The third-order valence-corrected chi connectivity index (χ3v) is 5.56. The first-order valence-electron chi connectivity index (χ1n) is 10.3. The summed E-state index contributed by atoms with van der Waals surface area (Å²) in [5, 5.41) is 16.2. The second kappa shape index (κ2) is 11.3. The lowest BCUT2D eigenvalue weighted by Crippen LogP contribution is -2.28. The molecule has 1 fully saturated rings. The number of nitrogens with one attached hydrogen (secondary N) is 3. The number of thioether (sulfide) groups is 1. The summed E-state index contributed by atoms with van der Waals surface area (Å²) in [5.41, 5.74) is 2.68. The van der Waals surface area contributed by atoms with E-state index in [2.05, 4.69) is 26.2 Å². The van der Waals surface area contributed by atoms with Crippen LogP contribution >= 0.6 is 11.8 Å². The summed E-state index contributed by atoms with van der Waals surface area (Å²) >= 11 is 1.16. The van der Waals surface area contributed by atoms with Gasteiger partial charge in [0.25, 0.3) is 0 Å². The molecule has 9 nitrogen and oxygen atoms in total. The highest BCUT2D eigenvalue weighted by Crippen LogP contribution is 2.24. The number of ether oxygens (including phenoxy) is 1. The molecular formula is C23H25N5O4S. The van der Waals surface area contributed by atoms with Crippen molar-refractivity contribution in [3.63, 3.8) is 0 Å². The van der Waals surface area contributed by atoms with E-state index in [9.17, 15) is 14.4 Å². The third-order valence-electron chi connectivity index (χ3n) is 4.49. The van der Waals surface area contributed by atoms with Crippen LogP contribution in [0, 0.1) is 0 Å². The van der Waals surface area contributed by atoms with Gasteiger partial charge < -0.3 is 20.7 Å². The lowest BCUT2D eigenvalue weighted by molar-refractivity contribution is -0.122. The summed E-state index contributed by atoms with van der Waals surface area (Å²) < 4.78 is 5.38. The monoisotopic (exact) mass is 467 g/mol. The maximum Gasteiger partial charge on any atom is 0.240 e. The molecule has 3 rings (SSSR count). The number of anilines is 2. The Bertz CT molecular complexity index is 1100. The molecule has 1 heterocycles. The highest BCUT2D eigenvalue weighted by molar-refractivity contribution is 8.15. The number of carbonyl (C=O) groups is 3. The zero-order valence-electron chi connectivity index (χ0n) is 18.5. The first-order chi connectivity index (χ1) is 15.8. The predicted octanol–water partition coefficient (Wildman–Crippen LogP) is 3.38. The van der Waals surface area contributed by atoms with Gasteiger partial charge in [-0.15, -0.1) is 5.10 Å². The van der Waals surface area contributed by atoms with Crippen molar-refractivity contribution in [3.05, 3.63) is 54.1 Å². The van der Waals surface area contributed by atoms with Gasteiger partial charge in [0.05, 0.1) is 12.3 Å². The van der Waals surface area contributed by atoms with Crippen LogP contribution in [0.3, 0.4) is 0 Å². The van der Waals surface area contributed by atoms with Gasteiger partial charge in [-0.1, -0.05) is 23.9 Å². The Labute approximate surface area is 196 Å². The van der Waals surface area contributed by atoms with E-state index in [1.807, 2.05) is 13.0 Å². The highest BCUT2D eigenvalue weighted by Gasteiger charge is 2.32. The molecule has 1 atom stereocenters. The Kier molecular flexibility index (Phi) is 8.20. The molecule has 3 amide bonds. The van der Waals surface area contributed by atoms with Gasteiger partial charge in [0.2, 0.25) is 17.7 Å². The first kappa shape index (κ1) is 24.0. The van der Waals surface area contributed by atoms with Crippen molar-refractivity contribution < 1.29 is 19.1 Å². The topological polar surface area (TPSA) is 121 Å². The third kappa shape index (κ3) is 7.18. The summed E-state index contributed by atoms with van der Waals surface area (Å²) in [6, 6.07) is 14.2. The van der Waals surface area contributed by atoms with E-state index < -0.39 is 5.25 Å². The van der Waals surface area contributed by atoms with Gasteiger partial charge in [0, 0.05) is 24.7 Å². The normalized spacial score (nSPS) is 16.9. The van der Waals surface area contributed by atoms with Gasteiger partial charge in [-0.25, -0.2) is 0 Å². The number of rotatable bonds is 8. The van der Waals surface area contributed by atoms with Crippen molar-refractivity contribution >= 4 is 51.7 Å². The average Bonchev–Trinajstić information content (AvgIpc) is 3.12. The fraction of sp³-hybridized carbons (Fsp3) is 0.261. The van der Waals surface area contributed by atoms with E-state index in [1.165, 1.54) is 6.92 Å². The van der Waals surface area contributed by atoms with Crippen LogP contribution in [0.2, 0.25) is 0 Å². The fourth-order valence-electron chi connectivity index (χ4n) is 2.97. The van der Waals surface area contributed by atoms with E-state index in [1.54, 1.807) is 49.4 Å². The van der Waals surface area contributed by atoms with Crippen molar-refractivity contribution in [2.24, 2.45) is 10.2 Å². The van der Waals surface area contributed by atoms with Crippen molar-refractivity contribution in [2.45, 2.75) is 32.4 Å². The van der Waals surface area contributed by atoms with Crippen LogP contribution in [0.4, 0.5) is 11.4 Å². The summed E-state index contributed by atoms with van der Waals surface area (Å²) in [4.78, 5) is 35.8. The molecule has 0 aliphatic carbocycles. The number of nitrogens with zero attached hydrogens (tertiary/aromatic N) is 2. The molecule has 0 bridgehead atoms. The van der Waals surface area contributed by atoms with Crippen LogP contribution in [0.5, 0.6) is 5.75 Å². The molecule has 10 heteroatoms. The largest absolute Gasteiger partial charge is 0.494 e. The van der Waals surface area contributed by atoms with Gasteiger partial charge >= 0.3 is 0 Å². The number of amidine groups is 1. The molecule has 1 aliphatic heterocycles. The summed E-state index contributed by atoms with van der Waals surface area (Å²) in [6.45, 7) is 5.68. The molecule has 0 aromatic heterocycles. The van der Waals surface area contributed by atoms with E-state index in [4.69, 9.17) is 4.74 Å². The molecule has 0 saturated carbocycles. The van der Waals surface area contributed by atoms with Crippen molar-refractivity contribution in [1.29, 1.82) is 0 Å². The minimum atomic E-state index is -0.593. The van der Waals surface area contributed by atoms with Gasteiger partial charge in [-0.05, 0) is 55.8 Å². The maximum absolute atomic E-state index is 12.4. The van der Waals surface area contributed by atoms with E-state index in [0.717, 1.165) is 23.1 Å². The predicted molar refractivity (Wildman–Crippen MR) is 131 cm³/mol. The van der Waals surface area contributed by atoms with Crippen LogP contribution < -0.4 is 20.7 Å². The molecule has 2 aromatic rings. The number of hydrogen-bond donors (Lipinski definition) is 3. The Balaban J connectivity index is 1.57. The first-order valence-corrected chi connectivity index (χ1v) is 11.2. The molecule has 3 N–H and O–H groups in total. The molecular weight excluding hydrogens is 442 g/mol. The van der Waals surface area contributed by atoms with Crippen LogP contribution in [-0.2, 0) is 14.4 Å². The van der Waals surface area contributed by atoms with Crippen molar-refractivity contribution in [1.82, 2.24) is 5.32 Å². The van der Waals surface area contributed by atoms with Gasteiger partial charge in [-0.2, -0.15) is 5.10 Å². The fourth-order valence-corrected chi connectivity index (χ4v) is 3.89.